The molecule has 7 heteroatoms. The van der Waals surface area contributed by atoms with Gasteiger partial charge in [0.2, 0.25) is 11.8 Å². The van der Waals surface area contributed by atoms with Crippen molar-refractivity contribution in [3.8, 4) is 5.75 Å². The second-order valence-electron chi connectivity index (χ2n) is 7.94. The molecule has 1 aromatic carbocycles. The topological polar surface area (TPSA) is 63.7 Å². The van der Waals surface area contributed by atoms with Crippen LogP contribution in [0.15, 0.2) is 24.3 Å². The summed E-state index contributed by atoms with van der Waals surface area (Å²) in [4.78, 5) is 39.9. The third kappa shape index (κ3) is 3.24. The summed E-state index contributed by atoms with van der Waals surface area (Å²) >= 11 is 7.40. The highest BCUT2D eigenvalue weighted by molar-refractivity contribution is 9.12. The van der Waals surface area contributed by atoms with E-state index in [0.29, 0.717) is 17.9 Å². The van der Waals surface area contributed by atoms with Crippen LogP contribution in [0.2, 0.25) is 0 Å². The number of anilines is 1. The van der Waals surface area contributed by atoms with Gasteiger partial charge >= 0.3 is 5.97 Å². The molecule has 3 fully saturated rings. The van der Waals surface area contributed by atoms with Crippen LogP contribution in [0, 0.1) is 23.7 Å². The number of hydrogen-bond acceptors (Lipinski definition) is 4. The lowest BCUT2D eigenvalue weighted by atomic mass is 9.81. The highest BCUT2D eigenvalue weighted by atomic mass is 79.9. The van der Waals surface area contributed by atoms with Crippen molar-refractivity contribution in [2.45, 2.75) is 48.7 Å². The number of benzene rings is 1. The monoisotopic (exact) mass is 511 g/mol. The third-order valence-electron chi connectivity index (χ3n) is 6.28. The van der Waals surface area contributed by atoms with Crippen molar-refractivity contribution in [3.63, 3.8) is 0 Å². The first-order valence-corrected chi connectivity index (χ1v) is 11.7. The molecule has 3 aliphatic rings. The molecule has 1 aliphatic heterocycles. The highest BCUT2D eigenvalue weighted by Crippen LogP contribution is 2.60. The Morgan fingerprint density at radius 1 is 1.11 bits per heavy atom. The lowest BCUT2D eigenvalue weighted by Crippen LogP contribution is -2.37. The van der Waals surface area contributed by atoms with E-state index < -0.39 is 0 Å². The third-order valence-corrected chi connectivity index (χ3v) is 9.49. The van der Waals surface area contributed by atoms with Gasteiger partial charge in [0.05, 0.1) is 17.5 Å². The fourth-order valence-corrected chi connectivity index (χ4v) is 6.86. The standard InChI is InChI=1S/C21H23Br2NO4/c1-2-3-4-8-15(25)28-12-7-5-6-11(9-12)24-20(26)16-13-10-14(17(16)21(24)27)19(23)18(13)22/h5-7,9,13-14,16-19H,2-4,8,10H2,1H3/t13-,14-,16-,17+,18+,19+/m1/s1. The number of rotatable bonds is 6. The Hall–Kier alpha value is -1.21. The summed E-state index contributed by atoms with van der Waals surface area (Å²) in [5.41, 5.74) is 0.486. The largest absolute Gasteiger partial charge is 0.426 e. The molecule has 0 aromatic heterocycles. The molecule has 0 N–H and O–H groups in total. The molecule has 4 rings (SSSR count). The first-order chi connectivity index (χ1) is 13.4. The van der Waals surface area contributed by atoms with Crippen LogP contribution in [-0.2, 0) is 14.4 Å². The van der Waals surface area contributed by atoms with Crippen LogP contribution in [0.1, 0.15) is 39.0 Å². The van der Waals surface area contributed by atoms with E-state index in [4.69, 9.17) is 4.74 Å². The molecule has 5 nitrogen and oxygen atoms in total. The maximum Gasteiger partial charge on any atom is 0.311 e. The molecule has 2 bridgehead atoms. The normalized spacial score (nSPS) is 33.5. The minimum atomic E-state index is -0.288. The van der Waals surface area contributed by atoms with Gasteiger partial charge in [0.25, 0.3) is 0 Å². The molecule has 28 heavy (non-hydrogen) atoms. The van der Waals surface area contributed by atoms with E-state index in [-0.39, 0.29) is 51.1 Å². The second-order valence-corrected chi connectivity index (χ2v) is 10.1. The molecule has 0 spiro atoms. The van der Waals surface area contributed by atoms with Crippen molar-refractivity contribution in [1.29, 1.82) is 0 Å². The number of esters is 1. The highest BCUT2D eigenvalue weighted by Gasteiger charge is 2.66. The average Bonchev–Trinajstić information content (AvgIpc) is 3.27. The van der Waals surface area contributed by atoms with Crippen molar-refractivity contribution in [2.24, 2.45) is 23.7 Å². The number of ether oxygens (including phenoxy) is 1. The first kappa shape index (κ1) is 20.1. The van der Waals surface area contributed by atoms with Crippen LogP contribution in [0.25, 0.3) is 0 Å². The first-order valence-electron chi connectivity index (χ1n) is 9.90. The molecule has 150 valence electrons. The molecular formula is C21H23Br2NO4. The van der Waals surface area contributed by atoms with E-state index in [0.717, 1.165) is 25.7 Å². The van der Waals surface area contributed by atoms with E-state index in [1.807, 2.05) is 0 Å². The van der Waals surface area contributed by atoms with Gasteiger partial charge < -0.3 is 4.74 Å². The Labute approximate surface area is 181 Å². The van der Waals surface area contributed by atoms with Crippen molar-refractivity contribution < 1.29 is 19.1 Å². The zero-order valence-electron chi connectivity index (χ0n) is 15.6. The lowest BCUT2D eigenvalue weighted by Gasteiger charge is -2.28. The second kappa shape index (κ2) is 7.90. The minimum absolute atomic E-state index is 0.127. The fraction of sp³-hybridized carbons (Fsp3) is 0.571. The summed E-state index contributed by atoms with van der Waals surface area (Å²) in [7, 11) is 0. The Balaban J connectivity index is 1.52. The maximum atomic E-state index is 13.1. The van der Waals surface area contributed by atoms with Crippen LogP contribution in [0.5, 0.6) is 5.75 Å². The molecular weight excluding hydrogens is 490 g/mol. The molecule has 2 amide bonds. The number of imide groups is 1. The number of unbranched alkanes of at least 4 members (excludes halogenated alkanes) is 2. The predicted octanol–water partition coefficient (Wildman–Crippen LogP) is 4.45. The summed E-state index contributed by atoms with van der Waals surface area (Å²) in [6.07, 6.45) is 4.09. The van der Waals surface area contributed by atoms with E-state index in [1.165, 1.54) is 4.90 Å². The number of fused-ring (bicyclic) bond motifs is 5. The van der Waals surface area contributed by atoms with Gasteiger partial charge in [-0.3, -0.25) is 14.4 Å². The Bertz CT molecular complexity index is 781. The lowest BCUT2D eigenvalue weighted by molar-refractivity contribution is -0.134. The maximum absolute atomic E-state index is 13.1. The number of halogens is 2. The fourth-order valence-electron chi connectivity index (χ4n) is 4.99. The molecule has 1 heterocycles. The number of alkyl halides is 2. The summed E-state index contributed by atoms with van der Waals surface area (Å²) in [6.45, 7) is 2.08. The Morgan fingerprint density at radius 3 is 2.36 bits per heavy atom. The summed E-state index contributed by atoms with van der Waals surface area (Å²) in [5.74, 6) is -0.316. The molecule has 1 saturated heterocycles. The van der Waals surface area contributed by atoms with Gasteiger partial charge in [0, 0.05) is 22.1 Å². The Kier molecular flexibility index (Phi) is 5.67. The van der Waals surface area contributed by atoms with Crippen LogP contribution >= 0.6 is 31.9 Å². The summed E-state index contributed by atoms with van der Waals surface area (Å²) < 4.78 is 5.41. The van der Waals surface area contributed by atoms with E-state index >= 15 is 0 Å². The van der Waals surface area contributed by atoms with E-state index in [2.05, 4.69) is 38.8 Å². The predicted molar refractivity (Wildman–Crippen MR) is 113 cm³/mol. The quantitative estimate of drug-likeness (QED) is 0.186. The number of amides is 2. The van der Waals surface area contributed by atoms with Crippen LogP contribution in [0.3, 0.4) is 0 Å². The van der Waals surface area contributed by atoms with Gasteiger partial charge in [-0.2, -0.15) is 0 Å². The number of carbonyl (C=O) groups excluding carboxylic acids is 3. The van der Waals surface area contributed by atoms with Crippen molar-refractivity contribution >= 4 is 55.3 Å². The van der Waals surface area contributed by atoms with Crippen LogP contribution in [0.4, 0.5) is 5.69 Å². The summed E-state index contributed by atoms with van der Waals surface area (Å²) in [5, 5.41) is 0. The van der Waals surface area contributed by atoms with E-state index in [1.54, 1.807) is 24.3 Å². The van der Waals surface area contributed by atoms with Gasteiger partial charge in [-0.25, -0.2) is 4.90 Å². The van der Waals surface area contributed by atoms with Crippen molar-refractivity contribution in [2.75, 3.05) is 4.90 Å². The van der Waals surface area contributed by atoms with E-state index in [9.17, 15) is 14.4 Å². The van der Waals surface area contributed by atoms with Gasteiger partial charge in [0.15, 0.2) is 0 Å². The average molecular weight is 513 g/mol. The molecule has 1 aromatic rings. The number of nitrogens with zero attached hydrogens (tertiary/aromatic N) is 1. The zero-order valence-corrected chi connectivity index (χ0v) is 18.8. The van der Waals surface area contributed by atoms with Gasteiger partial charge in [-0.05, 0) is 36.8 Å². The van der Waals surface area contributed by atoms with Crippen molar-refractivity contribution in [3.05, 3.63) is 24.3 Å². The SMILES string of the molecule is CCCCCC(=O)Oc1cccc(N2C(=O)[C@@H]3[C@H]4C[C@@H]([C@H](Br)[C@H]4Br)[C@@H]3C2=O)c1. The molecule has 2 aliphatic carbocycles. The van der Waals surface area contributed by atoms with Crippen molar-refractivity contribution in [1.82, 2.24) is 0 Å². The van der Waals surface area contributed by atoms with Gasteiger partial charge in [0.1, 0.15) is 5.75 Å². The smallest absolute Gasteiger partial charge is 0.311 e. The molecule has 6 atom stereocenters. The summed E-state index contributed by atoms with van der Waals surface area (Å²) in [6, 6.07) is 6.74. The minimum Gasteiger partial charge on any atom is -0.426 e. The molecule has 2 saturated carbocycles. The number of hydrogen-bond donors (Lipinski definition) is 0. The van der Waals surface area contributed by atoms with Crippen LogP contribution in [-0.4, -0.2) is 27.4 Å². The van der Waals surface area contributed by atoms with Gasteiger partial charge in [-0.15, -0.1) is 0 Å². The molecule has 0 radical (unpaired) electrons. The zero-order chi connectivity index (χ0) is 20.0. The van der Waals surface area contributed by atoms with Crippen LogP contribution < -0.4 is 9.64 Å². The van der Waals surface area contributed by atoms with Gasteiger partial charge in [-0.1, -0.05) is 57.7 Å². The molecule has 0 unspecified atom stereocenters. The Morgan fingerprint density at radius 2 is 1.75 bits per heavy atom. The number of carbonyl (C=O) groups is 3.